The maximum atomic E-state index is 12.4. The van der Waals surface area contributed by atoms with Crippen LogP contribution in [-0.2, 0) is 28.8 Å². The molecule has 0 aliphatic heterocycles. The average Bonchev–Trinajstić information content (AvgIpc) is 2.76. The summed E-state index contributed by atoms with van der Waals surface area (Å²) in [4.78, 5) is 70.2. The normalized spacial score (nSPS) is 13.3. The Balaban J connectivity index is 4.57. The molecule has 14 heteroatoms. The zero-order valence-corrected chi connectivity index (χ0v) is 19.5. The highest BCUT2D eigenvalue weighted by Crippen LogP contribution is 2.04. The summed E-state index contributed by atoms with van der Waals surface area (Å²) in [5.74, 6) is -5.45. The van der Waals surface area contributed by atoms with Gasteiger partial charge in [-0.25, -0.2) is 4.79 Å². The van der Waals surface area contributed by atoms with Gasteiger partial charge >= 0.3 is 11.9 Å². The van der Waals surface area contributed by atoms with Crippen molar-refractivity contribution in [2.75, 3.05) is 19.6 Å². The quantitative estimate of drug-likeness (QED) is 0.0981. The highest BCUT2D eigenvalue weighted by Gasteiger charge is 2.27. The van der Waals surface area contributed by atoms with Crippen LogP contribution in [0, 0.1) is 5.92 Å². The third kappa shape index (κ3) is 13.3. The Morgan fingerprint density at radius 1 is 0.824 bits per heavy atom. The molecule has 10 N–H and O–H groups in total. The molecule has 0 bridgehead atoms. The SMILES string of the molecule is CC(C)[C@H](NC(=O)[C@@H](N)CCC(=O)O)C(=O)NCC(=O)NCC(=O)N[C@@H](CCCCN)C(=O)O. The van der Waals surface area contributed by atoms with Crippen molar-refractivity contribution >= 4 is 35.6 Å². The van der Waals surface area contributed by atoms with Crippen LogP contribution in [0.5, 0.6) is 0 Å². The Morgan fingerprint density at radius 3 is 1.97 bits per heavy atom. The van der Waals surface area contributed by atoms with Gasteiger partial charge in [-0.1, -0.05) is 13.8 Å². The molecular formula is C20H36N6O8. The first-order chi connectivity index (χ1) is 15.9. The molecule has 0 aromatic rings. The predicted molar refractivity (Wildman–Crippen MR) is 120 cm³/mol. The molecule has 0 aromatic carbocycles. The number of hydrogen-bond acceptors (Lipinski definition) is 8. The van der Waals surface area contributed by atoms with Crippen molar-refractivity contribution in [3.63, 3.8) is 0 Å². The van der Waals surface area contributed by atoms with E-state index in [1.54, 1.807) is 13.8 Å². The molecule has 4 amide bonds. The fourth-order valence-corrected chi connectivity index (χ4v) is 2.72. The molecule has 0 fully saturated rings. The monoisotopic (exact) mass is 488 g/mol. The van der Waals surface area contributed by atoms with E-state index < -0.39 is 66.8 Å². The van der Waals surface area contributed by atoms with E-state index >= 15 is 0 Å². The number of unbranched alkanes of at least 4 members (excludes halogenated alkanes) is 1. The van der Waals surface area contributed by atoms with Gasteiger partial charge in [0.2, 0.25) is 23.6 Å². The maximum absolute atomic E-state index is 12.4. The molecule has 14 nitrogen and oxygen atoms in total. The average molecular weight is 489 g/mol. The van der Waals surface area contributed by atoms with Gasteiger partial charge in [0.05, 0.1) is 19.1 Å². The summed E-state index contributed by atoms with van der Waals surface area (Å²) in [5, 5.41) is 27.2. The topological polar surface area (TPSA) is 243 Å². The van der Waals surface area contributed by atoms with Gasteiger partial charge in [0.25, 0.3) is 0 Å². The molecule has 0 saturated carbocycles. The van der Waals surface area contributed by atoms with Crippen molar-refractivity contribution in [1.82, 2.24) is 21.3 Å². The molecule has 0 radical (unpaired) electrons. The molecule has 0 unspecified atom stereocenters. The Kier molecular flexibility index (Phi) is 14.8. The van der Waals surface area contributed by atoms with Crippen molar-refractivity contribution in [2.45, 2.75) is 64.1 Å². The number of hydrogen-bond donors (Lipinski definition) is 8. The zero-order valence-electron chi connectivity index (χ0n) is 19.5. The fourth-order valence-electron chi connectivity index (χ4n) is 2.72. The second-order valence-corrected chi connectivity index (χ2v) is 8.01. The number of amides is 4. The van der Waals surface area contributed by atoms with Gasteiger partial charge in [0.15, 0.2) is 0 Å². The molecule has 0 rings (SSSR count). The fraction of sp³-hybridized carbons (Fsp3) is 0.700. The third-order valence-corrected chi connectivity index (χ3v) is 4.70. The summed E-state index contributed by atoms with van der Waals surface area (Å²) in [7, 11) is 0. The lowest BCUT2D eigenvalue weighted by atomic mass is 10.0. The summed E-state index contributed by atoms with van der Waals surface area (Å²) >= 11 is 0. The number of nitrogens with one attached hydrogen (secondary N) is 4. The number of aliphatic carboxylic acids is 2. The Morgan fingerprint density at radius 2 is 1.44 bits per heavy atom. The Bertz CT molecular complexity index is 730. The molecule has 0 aliphatic carbocycles. The zero-order chi connectivity index (χ0) is 26.3. The summed E-state index contributed by atoms with van der Waals surface area (Å²) in [5.41, 5.74) is 11.0. The van der Waals surface area contributed by atoms with Crippen LogP contribution >= 0.6 is 0 Å². The summed E-state index contributed by atoms with van der Waals surface area (Å²) < 4.78 is 0. The van der Waals surface area contributed by atoms with Gasteiger partial charge in [-0.2, -0.15) is 0 Å². The van der Waals surface area contributed by atoms with E-state index in [2.05, 4.69) is 21.3 Å². The van der Waals surface area contributed by atoms with Crippen LogP contribution in [0.3, 0.4) is 0 Å². The van der Waals surface area contributed by atoms with E-state index in [1.165, 1.54) is 0 Å². The first-order valence-electron chi connectivity index (χ1n) is 10.9. The van der Waals surface area contributed by atoms with E-state index in [0.29, 0.717) is 19.4 Å². The molecule has 0 aromatic heterocycles. The number of carboxylic acid groups (broad SMARTS) is 2. The van der Waals surface area contributed by atoms with Crippen LogP contribution in [0.2, 0.25) is 0 Å². The van der Waals surface area contributed by atoms with Crippen LogP contribution in [0.4, 0.5) is 0 Å². The van der Waals surface area contributed by atoms with Crippen LogP contribution in [0.25, 0.3) is 0 Å². The number of carbonyl (C=O) groups excluding carboxylic acids is 4. The van der Waals surface area contributed by atoms with Gasteiger partial charge in [0, 0.05) is 6.42 Å². The van der Waals surface area contributed by atoms with E-state index in [0.717, 1.165) is 0 Å². The highest BCUT2D eigenvalue weighted by molar-refractivity contribution is 5.93. The first kappa shape index (κ1) is 30.7. The Hall–Kier alpha value is -3.26. The Labute approximate surface area is 197 Å². The molecular weight excluding hydrogens is 452 g/mol. The van der Waals surface area contributed by atoms with Crippen molar-refractivity contribution in [1.29, 1.82) is 0 Å². The first-order valence-corrected chi connectivity index (χ1v) is 10.9. The third-order valence-electron chi connectivity index (χ3n) is 4.70. The van der Waals surface area contributed by atoms with Crippen molar-refractivity contribution in [3.8, 4) is 0 Å². The van der Waals surface area contributed by atoms with E-state index in [4.69, 9.17) is 21.7 Å². The number of carbonyl (C=O) groups is 6. The largest absolute Gasteiger partial charge is 0.481 e. The standard InChI is InChI=1S/C20H36N6O8/c1-11(2)17(26-18(31)12(22)6-7-16(29)30)19(32)24-9-14(27)23-10-15(28)25-13(20(33)34)5-3-4-8-21/h11-13,17H,3-10,21-22H2,1-2H3,(H,23,27)(H,24,32)(H,25,28)(H,26,31)(H,29,30)(H,33,34)/t12-,13-,17-/m0/s1. The van der Waals surface area contributed by atoms with Crippen molar-refractivity contribution < 1.29 is 39.0 Å². The summed E-state index contributed by atoms with van der Waals surface area (Å²) in [6.07, 6.45) is 0.923. The lowest BCUT2D eigenvalue weighted by Gasteiger charge is -2.23. The summed E-state index contributed by atoms with van der Waals surface area (Å²) in [6.45, 7) is 2.74. The lowest BCUT2D eigenvalue weighted by molar-refractivity contribution is -0.142. The van der Waals surface area contributed by atoms with Crippen LogP contribution in [-0.4, -0.2) is 83.5 Å². The van der Waals surface area contributed by atoms with Gasteiger partial charge in [-0.15, -0.1) is 0 Å². The van der Waals surface area contributed by atoms with Crippen LogP contribution < -0.4 is 32.7 Å². The molecule has 0 spiro atoms. The minimum Gasteiger partial charge on any atom is -0.481 e. The number of carboxylic acids is 2. The smallest absolute Gasteiger partial charge is 0.326 e. The summed E-state index contributed by atoms with van der Waals surface area (Å²) in [6, 6.07) is -3.24. The second-order valence-electron chi connectivity index (χ2n) is 8.01. The lowest BCUT2D eigenvalue weighted by Crippen LogP contribution is -2.55. The van der Waals surface area contributed by atoms with E-state index in [9.17, 15) is 28.8 Å². The van der Waals surface area contributed by atoms with E-state index in [1.807, 2.05) is 0 Å². The molecule has 0 heterocycles. The highest BCUT2D eigenvalue weighted by atomic mass is 16.4. The number of nitrogens with two attached hydrogens (primary N) is 2. The van der Waals surface area contributed by atoms with Crippen molar-refractivity contribution in [3.05, 3.63) is 0 Å². The van der Waals surface area contributed by atoms with E-state index in [-0.39, 0.29) is 25.2 Å². The molecule has 0 saturated heterocycles. The second kappa shape index (κ2) is 16.4. The molecule has 194 valence electrons. The van der Waals surface area contributed by atoms with Crippen molar-refractivity contribution in [2.24, 2.45) is 17.4 Å². The van der Waals surface area contributed by atoms with Gasteiger partial charge in [0.1, 0.15) is 12.1 Å². The number of rotatable bonds is 17. The van der Waals surface area contributed by atoms with Gasteiger partial charge in [-0.3, -0.25) is 24.0 Å². The molecule has 0 aliphatic rings. The molecule has 34 heavy (non-hydrogen) atoms. The minimum absolute atomic E-state index is 0.103. The van der Waals surface area contributed by atoms with Gasteiger partial charge < -0.3 is 42.9 Å². The van der Waals surface area contributed by atoms with Crippen LogP contribution in [0.15, 0.2) is 0 Å². The maximum Gasteiger partial charge on any atom is 0.326 e. The molecule has 3 atom stereocenters. The van der Waals surface area contributed by atoms with Crippen LogP contribution in [0.1, 0.15) is 46.0 Å². The minimum atomic E-state index is -1.20. The predicted octanol–water partition coefficient (Wildman–Crippen LogP) is -2.75. The van der Waals surface area contributed by atoms with Gasteiger partial charge in [-0.05, 0) is 38.1 Å².